The van der Waals surface area contributed by atoms with E-state index in [-0.39, 0.29) is 11.9 Å². The van der Waals surface area contributed by atoms with Crippen LogP contribution in [0.3, 0.4) is 0 Å². The maximum Gasteiger partial charge on any atom is 0.317 e. The van der Waals surface area contributed by atoms with Gasteiger partial charge in [0.2, 0.25) is 0 Å². The number of urea groups is 1. The summed E-state index contributed by atoms with van der Waals surface area (Å²) in [6, 6.07) is 2.05. The van der Waals surface area contributed by atoms with E-state index in [0.29, 0.717) is 13.1 Å². The third-order valence-electron chi connectivity index (χ3n) is 4.84. The third-order valence-corrected chi connectivity index (χ3v) is 4.84. The van der Waals surface area contributed by atoms with Crippen LogP contribution in [0.15, 0.2) is 24.8 Å². The van der Waals surface area contributed by atoms with E-state index in [1.54, 1.807) is 12.5 Å². The summed E-state index contributed by atoms with van der Waals surface area (Å²) in [5, 5.41) is 5.07. The Morgan fingerprint density at radius 2 is 2.32 bits per heavy atom. The summed E-state index contributed by atoms with van der Waals surface area (Å²) in [7, 11) is 0. The van der Waals surface area contributed by atoms with E-state index < -0.39 is 0 Å². The minimum atomic E-state index is 0.0263. The number of H-pyrrole nitrogens is 1. The number of aromatic nitrogens is 4. The third kappa shape index (κ3) is 2.90. The second kappa shape index (κ2) is 6.66. The highest BCUT2D eigenvalue weighted by Gasteiger charge is 2.27. The van der Waals surface area contributed by atoms with Gasteiger partial charge in [-0.05, 0) is 25.3 Å². The summed E-state index contributed by atoms with van der Waals surface area (Å²) in [5.74, 6) is 0.215. The van der Waals surface area contributed by atoms with E-state index in [2.05, 4.69) is 32.2 Å². The number of nitrogens with zero attached hydrogens (tertiary/aromatic N) is 4. The molecule has 1 atom stereocenters. The van der Waals surface area contributed by atoms with Crippen LogP contribution in [-0.4, -0.2) is 50.5 Å². The summed E-state index contributed by atoms with van der Waals surface area (Å²) >= 11 is 0. The summed E-state index contributed by atoms with van der Waals surface area (Å²) in [6.07, 6.45) is 8.23. The number of nitrogens with one attached hydrogen (secondary N) is 2. The Labute approximate surface area is 145 Å². The number of carbonyl (C=O) groups is 1. The molecule has 0 spiro atoms. The van der Waals surface area contributed by atoms with Crippen molar-refractivity contribution in [3.63, 3.8) is 0 Å². The fourth-order valence-corrected chi connectivity index (χ4v) is 3.62. The number of aromatic amines is 1. The summed E-state index contributed by atoms with van der Waals surface area (Å²) in [6.45, 7) is 4.26. The monoisotopic (exact) mass is 338 g/mol. The molecule has 2 N–H and O–H groups in total. The van der Waals surface area contributed by atoms with Crippen molar-refractivity contribution < 1.29 is 4.79 Å². The van der Waals surface area contributed by atoms with E-state index in [9.17, 15) is 4.79 Å². The van der Waals surface area contributed by atoms with Gasteiger partial charge in [0.1, 0.15) is 12.0 Å². The Balaban J connectivity index is 1.69. The fraction of sp³-hybridized carbons (Fsp3) is 0.444. The molecule has 1 aliphatic heterocycles. The van der Waals surface area contributed by atoms with Gasteiger partial charge in [-0.1, -0.05) is 6.92 Å². The number of pyridine rings is 1. The van der Waals surface area contributed by atoms with Crippen molar-refractivity contribution in [2.45, 2.75) is 32.1 Å². The lowest BCUT2D eigenvalue weighted by Gasteiger charge is -2.32. The number of hydrogen-bond donors (Lipinski definition) is 2. The first kappa shape index (κ1) is 15.8. The maximum absolute atomic E-state index is 12.3. The molecule has 0 aliphatic carbocycles. The van der Waals surface area contributed by atoms with Crippen molar-refractivity contribution in [2.75, 3.05) is 19.6 Å². The van der Waals surface area contributed by atoms with Gasteiger partial charge >= 0.3 is 6.03 Å². The largest absolute Gasteiger partial charge is 0.346 e. The molecule has 0 aromatic carbocycles. The molecule has 3 aromatic heterocycles. The maximum atomic E-state index is 12.3. The molecule has 0 radical (unpaired) electrons. The molecule has 1 aliphatic rings. The molecule has 4 heterocycles. The Bertz CT molecular complexity index is 905. The van der Waals surface area contributed by atoms with Crippen molar-refractivity contribution in [3.8, 4) is 0 Å². The average molecular weight is 338 g/mol. The van der Waals surface area contributed by atoms with E-state index in [4.69, 9.17) is 0 Å². The fourth-order valence-electron chi connectivity index (χ4n) is 3.62. The van der Waals surface area contributed by atoms with Crippen LogP contribution in [-0.2, 0) is 0 Å². The predicted molar refractivity (Wildman–Crippen MR) is 96.4 cm³/mol. The van der Waals surface area contributed by atoms with Crippen LogP contribution in [0.2, 0.25) is 0 Å². The zero-order valence-electron chi connectivity index (χ0n) is 14.3. The first-order valence-corrected chi connectivity index (χ1v) is 8.87. The minimum absolute atomic E-state index is 0.0263. The number of rotatable bonds is 3. The zero-order chi connectivity index (χ0) is 17.2. The Kier molecular flexibility index (Phi) is 4.21. The molecule has 4 rings (SSSR count). The quantitative estimate of drug-likeness (QED) is 0.769. The van der Waals surface area contributed by atoms with Crippen molar-refractivity contribution in [1.82, 2.24) is 30.2 Å². The Morgan fingerprint density at radius 3 is 3.20 bits per heavy atom. The molecule has 2 amide bonds. The summed E-state index contributed by atoms with van der Waals surface area (Å²) < 4.78 is 0. The van der Waals surface area contributed by atoms with Gasteiger partial charge in [0.25, 0.3) is 0 Å². The normalized spacial score (nSPS) is 18.0. The standard InChI is InChI=1S/C18H22N6O/c1-2-6-20-18(25)24-8-3-4-12(10-24)16-15-13-5-7-19-17(13)21-9-14(15)22-11-23-16/h5,7,9,11-12H,2-4,6,8,10H2,1H3,(H,19,21)(H,20,25). The van der Waals surface area contributed by atoms with Crippen LogP contribution in [0.25, 0.3) is 21.9 Å². The molecule has 1 fully saturated rings. The van der Waals surface area contributed by atoms with E-state index in [1.165, 1.54) is 0 Å². The molecular weight excluding hydrogens is 316 g/mol. The Hall–Kier alpha value is -2.70. The lowest BCUT2D eigenvalue weighted by atomic mass is 9.92. The van der Waals surface area contributed by atoms with Gasteiger partial charge in [-0.3, -0.25) is 0 Å². The van der Waals surface area contributed by atoms with E-state index >= 15 is 0 Å². The van der Waals surface area contributed by atoms with Crippen molar-refractivity contribution in [2.24, 2.45) is 0 Å². The average Bonchev–Trinajstić information content (AvgIpc) is 3.14. The number of amides is 2. The smallest absolute Gasteiger partial charge is 0.317 e. The van der Waals surface area contributed by atoms with Gasteiger partial charge in [0.15, 0.2) is 0 Å². The molecule has 0 saturated carbocycles. The van der Waals surface area contributed by atoms with Gasteiger partial charge in [0.05, 0.1) is 17.4 Å². The van der Waals surface area contributed by atoms with Gasteiger partial charge in [-0.15, -0.1) is 0 Å². The van der Waals surface area contributed by atoms with Crippen molar-refractivity contribution >= 4 is 28.0 Å². The Morgan fingerprint density at radius 1 is 1.40 bits per heavy atom. The molecule has 7 nitrogen and oxygen atoms in total. The molecule has 0 bridgehead atoms. The topological polar surface area (TPSA) is 86.8 Å². The lowest BCUT2D eigenvalue weighted by molar-refractivity contribution is 0.179. The van der Waals surface area contributed by atoms with Crippen LogP contribution >= 0.6 is 0 Å². The number of hydrogen-bond acceptors (Lipinski definition) is 4. The highest BCUT2D eigenvalue weighted by Crippen LogP contribution is 2.33. The second-order valence-electron chi connectivity index (χ2n) is 6.53. The van der Waals surface area contributed by atoms with Crippen LogP contribution in [0.4, 0.5) is 4.79 Å². The second-order valence-corrected chi connectivity index (χ2v) is 6.53. The van der Waals surface area contributed by atoms with Crippen LogP contribution in [0.1, 0.15) is 37.8 Å². The highest BCUT2D eigenvalue weighted by atomic mass is 16.2. The van der Waals surface area contributed by atoms with Crippen LogP contribution in [0, 0.1) is 0 Å². The molecule has 130 valence electrons. The summed E-state index contributed by atoms with van der Waals surface area (Å²) in [5.41, 5.74) is 2.71. The minimum Gasteiger partial charge on any atom is -0.346 e. The predicted octanol–water partition coefficient (Wildman–Crippen LogP) is 2.81. The molecule has 7 heteroatoms. The molecule has 25 heavy (non-hydrogen) atoms. The number of carbonyl (C=O) groups excluding carboxylic acids is 1. The number of piperidine rings is 1. The lowest BCUT2D eigenvalue weighted by Crippen LogP contribution is -2.45. The number of fused-ring (bicyclic) bond motifs is 3. The van der Waals surface area contributed by atoms with E-state index in [1.807, 2.05) is 17.2 Å². The highest BCUT2D eigenvalue weighted by molar-refractivity contribution is 6.04. The van der Waals surface area contributed by atoms with Gasteiger partial charge in [0, 0.05) is 42.5 Å². The molecule has 1 saturated heterocycles. The molecular formula is C18H22N6O. The molecule has 3 aromatic rings. The van der Waals surface area contributed by atoms with Crippen LogP contribution < -0.4 is 5.32 Å². The van der Waals surface area contributed by atoms with Gasteiger partial charge < -0.3 is 15.2 Å². The van der Waals surface area contributed by atoms with Crippen molar-refractivity contribution in [3.05, 3.63) is 30.5 Å². The zero-order valence-corrected chi connectivity index (χ0v) is 14.3. The SMILES string of the molecule is CCCNC(=O)N1CCCC(c2ncnc3cnc4[nH]ccc4c23)C1. The van der Waals surface area contributed by atoms with Gasteiger partial charge in [-0.25, -0.2) is 19.7 Å². The first-order valence-electron chi connectivity index (χ1n) is 8.87. The summed E-state index contributed by atoms with van der Waals surface area (Å²) in [4.78, 5) is 30.8. The van der Waals surface area contributed by atoms with Crippen LogP contribution in [0.5, 0.6) is 0 Å². The number of likely N-dealkylation sites (tertiary alicyclic amines) is 1. The first-order chi connectivity index (χ1) is 12.3. The van der Waals surface area contributed by atoms with E-state index in [0.717, 1.165) is 53.4 Å². The van der Waals surface area contributed by atoms with Crippen molar-refractivity contribution in [1.29, 1.82) is 0 Å². The molecule has 1 unspecified atom stereocenters. The van der Waals surface area contributed by atoms with Gasteiger partial charge in [-0.2, -0.15) is 0 Å².